The van der Waals surface area contributed by atoms with E-state index in [0.717, 1.165) is 12.1 Å². The second-order valence-corrected chi connectivity index (χ2v) is 4.33. The fraction of sp³-hybridized carbons (Fsp3) is 0.357. The van der Waals surface area contributed by atoms with Gasteiger partial charge in [-0.1, -0.05) is 0 Å². The summed E-state index contributed by atoms with van der Waals surface area (Å²) in [7, 11) is 0. The average molecular weight is 344 g/mol. The number of carboxylic acids is 2. The smallest absolute Gasteiger partial charge is 0.339 e. The van der Waals surface area contributed by atoms with Crippen LogP contribution in [-0.2, 0) is 21.1 Å². The highest BCUT2D eigenvalue weighted by molar-refractivity contribution is 6.05. The molecule has 24 heavy (non-hydrogen) atoms. The molecule has 0 aromatic heterocycles. The Labute approximate surface area is 135 Å². The number of hydrogen-bond acceptors (Lipinski definition) is 8. The van der Waals surface area contributed by atoms with E-state index in [1.54, 1.807) is 0 Å². The molecule has 0 amide bonds. The molecule has 0 aliphatic carbocycles. The van der Waals surface area contributed by atoms with E-state index >= 15 is 0 Å². The first kappa shape index (κ1) is 19.5. The minimum Gasteiger partial charge on any atom is -0.478 e. The number of aliphatic hydroxyl groups excluding tert-OH is 2. The second kappa shape index (κ2) is 9.57. The Hall–Kier alpha value is -2.53. The van der Waals surface area contributed by atoms with Gasteiger partial charge in [-0.05, 0) is 17.7 Å². The van der Waals surface area contributed by atoms with Crippen molar-refractivity contribution in [1.29, 1.82) is 0 Å². The predicted molar refractivity (Wildman–Crippen MR) is 75.6 cm³/mol. The number of benzene rings is 1. The van der Waals surface area contributed by atoms with Gasteiger partial charge in [-0.3, -0.25) is 0 Å². The van der Waals surface area contributed by atoms with Crippen molar-refractivity contribution in [2.75, 3.05) is 26.4 Å². The zero-order valence-corrected chi connectivity index (χ0v) is 12.4. The Balaban J connectivity index is 3.21. The Kier molecular flexibility index (Phi) is 7.79. The lowest BCUT2D eigenvalue weighted by atomic mass is 9.98. The van der Waals surface area contributed by atoms with Gasteiger partial charge in [0, 0.05) is 0 Å². The number of esters is 1. The Morgan fingerprint density at radius 2 is 1.46 bits per heavy atom. The monoisotopic (exact) mass is 344 g/mol. The lowest BCUT2D eigenvalue weighted by Crippen LogP contribution is -2.17. The number of ether oxygens (including phenoxy) is 1. The summed E-state index contributed by atoms with van der Waals surface area (Å²) in [5, 5.41) is 35.6. The summed E-state index contributed by atoms with van der Waals surface area (Å²) >= 11 is 0. The SMILES string of the molecule is O=C(O)c1cc(C(=O)OCCO)c(C(=O)O)cc1COOCCO. The lowest BCUT2D eigenvalue weighted by Gasteiger charge is -2.12. The molecule has 0 aliphatic heterocycles. The molecule has 0 heterocycles. The zero-order valence-electron chi connectivity index (χ0n) is 12.4. The van der Waals surface area contributed by atoms with E-state index < -0.39 is 42.2 Å². The van der Waals surface area contributed by atoms with E-state index in [4.69, 9.17) is 10.2 Å². The van der Waals surface area contributed by atoms with Crippen molar-refractivity contribution in [3.8, 4) is 0 Å². The molecule has 132 valence electrons. The highest BCUT2D eigenvalue weighted by atomic mass is 17.2. The largest absolute Gasteiger partial charge is 0.478 e. The first-order valence-electron chi connectivity index (χ1n) is 6.69. The van der Waals surface area contributed by atoms with Gasteiger partial charge < -0.3 is 25.2 Å². The van der Waals surface area contributed by atoms with Crippen molar-refractivity contribution >= 4 is 17.9 Å². The number of rotatable bonds is 10. The first-order chi connectivity index (χ1) is 11.4. The Bertz CT molecular complexity index is 610. The van der Waals surface area contributed by atoms with Crippen LogP contribution in [0.5, 0.6) is 0 Å². The van der Waals surface area contributed by atoms with Gasteiger partial charge in [-0.15, -0.1) is 0 Å². The van der Waals surface area contributed by atoms with E-state index in [-0.39, 0.29) is 30.9 Å². The topological polar surface area (TPSA) is 160 Å². The maximum atomic E-state index is 11.8. The number of carboxylic acid groups (broad SMARTS) is 2. The van der Waals surface area contributed by atoms with Crippen molar-refractivity contribution in [3.63, 3.8) is 0 Å². The molecule has 0 unspecified atom stereocenters. The molecule has 0 spiro atoms. The van der Waals surface area contributed by atoms with Crippen LogP contribution in [0, 0.1) is 0 Å². The molecule has 0 aliphatic rings. The molecule has 0 bridgehead atoms. The summed E-state index contributed by atoms with van der Waals surface area (Å²) in [5.41, 5.74) is -1.36. The van der Waals surface area contributed by atoms with Crippen molar-refractivity contribution in [3.05, 3.63) is 34.4 Å². The molecule has 4 N–H and O–H groups in total. The third-order valence-electron chi connectivity index (χ3n) is 2.72. The summed E-state index contributed by atoms with van der Waals surface area (Å²) in [6, 6.07) is 1.82. The molecule has 0 radical (unpaired) electrons. The van der Waals surface area contributed by atoms with Crippen LogP contribution in [0.15, 0.2) is 12.1 Å². The summed E-state index contributed by atoms with van der Waals surface area (Å²) in [4.78, 5) is 43.7. The van der Waals surface area contributed by atoms with Crippen LogP contribution < -0.4 is 0 Å². The van der Waals surface area contributed by atoms with Crippen LogP contribution in [0.1, 0.15) is 36.6 Å². The molecule has 1 aromatic rings. The third kappa shape index (κ3) is 5.28. The van der Waals surface area contributed by atoms with Gasteiger partial charge in [0.05, 0.1) is 29.9 Å². The van der Waals surface area contributed by atoms with Gasteiger partial charge in [0.15, 0.2) is 0 Å². The van der Waals surface area contributed by atoms with Crippen molar-refractivity contribution in [1.82, 2.24) is 0 Å². The molecular weight excluding hydrogens is 328 g/mol. The Morgan fingerprint density at radius 3 is 2.00 bits per heavy atom. The lowest BCUT2D eigenvalue weighted by molar-refractivity contribution is -0.306. The normalized spacial score (nSPS) is 10.4. The van der Waals surface area contributed by atoms with Crippen molar-refractivity contribution in [2.45, 2.75) is 6.61 Å². The highest BCUT2D eigenvalue weighted by Crippen LogP contribution is 2.20. The zero-order chi connectivity index (χ0) is 18.1. The number of hydrogen-bond donors (Lipinski definition) is 4. The molecule has 1 aromatic carbocycles. The van der Waals surface area contributed by atoms with Gasteiger partial charge in [0.2, 0.25) is 0 Å². The quantitative estimate of drug-likeness (QED) is 0.191. The molecule has 10 nitrogen and oxygen atoms in total. The average Bonchev–Trinajstić information content (AvgIpc) is 2.55. The van der Waals surface area contributed by atoms with Gasteiger partial charge in [0.25, 0.3) is 0 Å². The van der Waals surface area contributed by atoms with E-state index in [1.165, 1.54) is 0 Å². The molecule has 0 fully saturated rings. The second-order valence-electron chi connectivity index (χ2n) is 4.33. The van der Waals surface area contributed by atoms with Gasteiger partial charge >= 0.3 is 17.9 Å². The minimum absolute atomic E-state index is 0.0449. The standard InChI is InChI=1S/C14H16O10/c15-1-3-22-14(21)11-6-9(12(17)18)8(5-10(11)13(19)20)7-24-23-4-2-16/h5-6,15-16H,1-4,7H2,(H,17,18)(H,19,20). The van der Waals surface area contributed by atoms with Crippen LogP contribution in [-0.4, -0.2) is 64.8 Å². The fourth-order valence-electron chi connectivity index (χ4n) is 1.73. The first-order valence-corrected chi connectivity index (χ1v) is 6.69. The molecule has 0 atom stereocenters. The van der Waals surface area contributed by atoms with Gasteiger partial charge in [0.1, 0.15) is 19.8 Å². The Morgan fingerprint density at radius 1 is 0.833 bits per heavy atom. The third-order valence-corrected chi connectivity index (χ3v) is 2.72. The summed E-state index contributed by atoms with van der Waals surface area (Å²) in [6.07, 6.45) is 0. The molecular formula is C14H16O10. The van der Waals surface area contributed by atoms with E-state index in [2.05, 4.69) is 14.5 Å². The molecule has 0 saturated carbocycles. The maximum Gasteiger partial charge on any atom is 0.339 e. The van der Waals surface area contributed by atoms with E-state index in [9.17, 15) is 24.6 Å². The molecule has 1 rings (SSSR count). The van der Waals surface area contributed by atoms with Crippen molar-refractivity contribution < 1.29 is 49.3 Å². The van der Waals surface area contributed by atoms with Crippen LogP contribution in [0.4, 0.5) is 0 Å². The number of carbonyl (C=O) groups is 3. The summed E-state index contributed by atoms with van der Waals surface area (Å²) < 4.78 is 4.63. The van der Waals surface area contributed by atoms with Crippen LogP contribution in [0.2, 0.25) is 0 Å². The minimum atomic E-state index is -1.47. The van der Waals surface area contributed by atoms with Crippen LogP contribution >= 0.6 is 0 Å². The summed E-state index contributed by atoms with van der Waals surface area (Å²) in [6.45, 7) is -1.70. The van der Waals surface area contributed by atoms with Gasteiger partial charge in [-0.25, -0.2) is 24.2 Å². The number of aliphatic hydroxyl groups is 2. The molecule has 0 saturated heterocycles. The number of carbonyl (C=O) groups excluding carboxylic acids is 1. The fourth-order valence-corrected chi connectivity index (χ4v) is 1.73. The van der Waals surface area contributed by atoms with Gasteiger partial charge in [-0.2, -0.15) is 0 Å². The summed E-state index contributed by atoms with van der Waals surface area (Å²) in [5.74, 6) is -3.96. The predicted octanol–water partition coefficient (Wildman–Crippen LogP) is -0.327. The van der Waals surface area contributed by atoms with E-state index in [0.29, 0.717) is 0 Å². The molecule has 10 heteroatoms. The highest BCUT2D eigenvalue weighted by Gasteiger charge is 2.23. The number of aromatic carboxylic acids is 2. The van der Waals surface area contributed by atoms with E-state index in [1.807, 2.05) is 0 Å². The van der Waals surface area contributed by atoms with Crippen LogP contribution in [0.25, 0.3) is 0 Å². The van der Waals surface area contributed by atoms with Crippen LogP contribution in [0.3, 0.4) is 0 Å². The maximum absolute atomic E-state index is 11.8. The van der Waals surface area contributed by atoms with Crippen molar-refractivity contribution in [2.24, 2.45) is 0 Å².